The first-order valence-electron chi connectivity index (χ1n) is 5.79. The summed E-state index contributed by atoms with van der Waals surface area (Å²) >= 11 is 5.96. The van der Waals surface area contributed by atoms with E-state index in [1.165, 1.54) is 0 Å². The standard InChI is InChI=1S/C14H16ClNO/c1-3-16-10(2)13-7-8-14(17-13)11-5-4-6-12(15)9-11/h4-10,16H,3H2,1-2H3. The van der Waals surface area contributed by atoms with Crippen molar-refractivity contribution in [3.05, 3.63) is 47.2 Å². The number of benzene rings is 1. The smallest absolute Gasteiger partial charge is 0.134 e. The zero-order chi connectivity index (χ0) is 12.3. The van der Waals surface area contributed by atoms with Gasteiger partial charge in [-0.3, -0.25) is 0 Å². The Kier molecular flexibility index (Phi) is 3.87. The Morgan fingerprint density at radius 2 is 2.12 bits per heavy atom. The number of halogens is 1. The monoisotopic (exact) mass is 249 g/mol. The zero-order valence-corrected chi connectivity index (χ0v) is 10.8. The average Bonchev–Trinajstić information content (AvgIpc) is 2.78. The van der Waals surface area contributed by atoms with Gasteiger partial charge in [-0.25, -0.2) is 0 Å². The molecule has 3 heteroatoms. The van der Waals surface area contributed by atoms with Crippen LogP contribution in [-0.4, -0.2) is 6.54 Å². The molecule has 0 radical (unpaired) electrons. The fourth-order valence-electron chi connectivity index (χ4n) is 1.79. The van der Waals surface area contributed by atoms with E-state index in [1.807, 2.05) is 36.4 Å². The van der Waals surface area contributed by atoms with Crippen LogP contribution in [0.25, 0.3) is 11.3 Å². The minimum atomic E-state index is 0.230. The highest BCUT2D eigenvalue weighted by Gasteiger charge is 2.10. The zero-order valence-electron chi connectivity index (χ0n) is 10.0. The summed E-state index contributed by atoms with van der Waals surface area (Å²) in [6.07, 6.45) is 0. The van der Waals surface area contributed by atoms with Gasteiger partial charge in [0.2, 0.25) is 0 Å². The Hall–Kier alpha value is -1.25. The highest BCUT2D eigenvalue weighted by atomic mass is 35.5. The first kappa shape index (κ1) is 12.2. The third-order valence-corrected chi connectivity index (χ3v) is 2.91. The maximum Gasteiger partial charge on any atom is 0.134 e. The average molecular weight is 250 g/mol. The molecule has 1 atom stereocenters. The molecule has 0 aliphatic rings. The fraction of sp³-hybridized carbons (Fsp3) is 0.286. The van der Waals surface area contributed by atoms with Gasteiger partial charge >= 0.3 is 0 Å². The van der Waals surface area contributed by atoms with E-state index in [0.717, 1.165) is 28.7 Å². The molecule has 0 amide bonds. The Morgan fingerprint density at radius 3 is 2.82 bits per heavy atom. The maximum absolute atomic E-state index is 5.96. The second kappa shape index (κ2) is 5.39. The van der Waals surface area contributed by atoms with Crippen LogP contribution in [0.5, 0.6) is 0 Å². The minimum absolute atomic E-state index is 0.230. The van der Waals surface area contributed by atoms with Crippen molar-refractivity contribution in [2.24, 2.45) is 0 Å². The van der Waals surface area contributed by atoms with Crippen molar-refractivity contribution >= 4 is 11.6 Å². The molecule has 2 rings (SSSR count). The molecule has 0 aliphatic carbocycles. The van der Waals surface area contributed by atoms with E-state index < -0.39 is 0 Å². The molecule has 0 fully saturated rings. The van der Waals surface area contributed by atoms with Crippen molar-refractivity contribution in [3.8, 4) is 11.3 Å². The summed E-state index contributed by atoms with van der Waals surface area (Å²) in [6.45, 7) is 5.09. The first-order chi connectivity index (χ1) is 8.20. The molecule has 1 aromatic carbocycles. The fourth-order valence-corrected chi connectivity index (χ4v) is 1.98. The summed E-state index contributed by atoms with van der Waals surface area (Å²) in [7, 11) is 0. The highest BCUT2D eigenvalue weighted by Crippen LogP contribution is 2.26. The second-order valence-electron chi connectivity index (χ2n) is 3.99. The molecule has 1 heterocycles. The lowest BCUT2D eigenvalue weighted by Gasteiger charge is -2.08. The van der Waals surface area contributed by atoms with Crippen LogP contribution in [0, 0.1) is 0 Å². The van der Waals surface area contributed by atoms with Crippen molar-refractivity contribution in [2.75, 3.05) is 6.54 Å². The molecule has 90 valence electrons. The van der Waals surface area contributed by atoms with Gasteiger partial charge in [-0.15, -0.1) is 0 Å². The Balaban J connectivity index is 2.23. The normalized spacial score (nSPS) is 12.6. The number of hydrogen-bond acceptors (Lipinski definition) is 2. The number of rotatable bonds is 4. The summed E-state index contributed by atoms with van der Waals surface area (Å²) < 4.78 is 5.82. The van der Waals surface area contributed by atoms with Crippen LogP contribution in [0.2, 0.25) is 5.02 Å². The van der Waals surface area contributed by atoms with Crippen LogP contribution in [-0.2, 0) is 0 Å². The van der Waals surface area contributed by atoms with E-state index >= 15 is 0 Å². The van der Waals surface area contributed by atoms with E-state index in [1.54, 1.807) is 0 Å². The van der Waals surface area contributed by atoms with Crippen molar-refractivity contribution < 1.29 is 4.42 Å². The topological polar surface area (TPSA) is 25.2 Å². The number of furan rings is 1. The predicted molar refractivity (Wildman–Crippen MR) is 71.2 cm³/mol. The summed E-state index contributed by atoms with van der Waals surface area (Å²) in [6, 6.07) is 11.9. The predicted octanol–water partition coefficient (Wildman–Crippen LogP) is 4.27. The Bertz CT molecular complexity index is 492. The summed E-state index contributed by atoms with van der Waals surface area (Å²) in [5.74, 6) is 1.80. The number of hydrogen-bond donors (Lipinski definition) is 1. The van der Waals surface area contributed by atoms with Crippen LogP contribution in [0.1, 0.15) is 25.6 Å². The Labute approximate surface area is 107 Å². The lowest BCUT2D eigenvalue weighted by molar-refractivity contribution is 0.445. The lowest BCUT2D eigenvalue weighted by atomic mass is 10.2. The van der Waals surface area contributed by atoms with Crippen molar-refractivity contribution in [3.63, 3.8) is 0 Å². The highest BCUT2D eigenvalue weighted by molar-refractivity contribution is 6.30. The molecular formula is C14H16ClNO. The molecular weight excluding hydrogens is 234 g/mol. The van der Waals surface area contributed by atoms with Crippen LogP contribution in [0.3, 0.4) is 0 Å². The quantitative estimate of drug-likeness (QED) is 0.875. The SMILES string of the molecule is CCNC(C)c1ccc(-c2cccc(Cl)c2)o1. The van der Waals surface area contributed by atoms with E-state index in [-0.39, 0.29) is 6.04 Å². The van der Waals surface area contributed by atoms with Gasteiger partial charge in [0.1, 0.15) is 11.5 Å². The molecule has 17 heavy (non-hydrogen) atoms. The van der Waals surface area contributed by atoms with Gasteiger partial charge in [0.25, 0.3) is 0 Å². The van der Waals surface area contributed by atoms with Gasteiger partial charge in [0, 0.05) is 10.6 Å². The lowest BCUT2D eigenvalue weighted by Crippen LogP contribution is -2.16. The van der Waals surface area contributed by atoms with E-state index in [2.05, 4.69) is 19.2 Å². The third-order valence-electron chi connectivity index (χ3n) is 2.67. The maximum atomic E-state index is 5.96. The van der Waals surface area contributed by atoms with Crippen LogP contribution < -0.4 is 5.32 Å². The van der Waals surface area contributed by atoms with Crippen molar-refractivity contribution in [2.45, 2.75) is 19.9 Å². The van der Waals surface area contributed by atoms with Gasteiger partial charge in [-0.1, -0.05) is 30.7 Å². The molecule has 1 aromatic heterocycles. The van der Waals surface area contributed by atoms with Crippen LogP contribution >= 0.6 is 11.6 Å². The van der Waals surface area contributed by atoms with E-state index in [0.29, 0.717) is 0 Å². The minimum Gasteiger partial charge on any atom is -0.459 e. The molecule has 2 nitrogen and oxygen atoms in total. The van der Waals surface area contributed by atoms with Gasteiger partial charge in [0.15, 0.2) is 0 Å². The van der Waals surface area contributed by atoms with Crippen LogP contribution in [0.15, 0.2) is 40.8 Å². The van der Waals surface area contributed by atoms with Gasteiger partial charge < -0.3 is 9.73 Å². The number of nitrogens with one attached hydrogen (secondary N) is 1. The molecule has 0 spiro atoms. The molecule has 2 aromatic rings. The Morgan fingerprint density at radius 1 is 1.29 bits per heavy atom. The van der Waals surface area contributed by atoms with Crippen LogP contribution in [0.4, 0.5) is 0 Å². The summed E-state index contributed by atoms with van der Waals surface area (Å²) in [4.78, 5) is 0. The molecule has 0 aliphatic heterocycles. The van der Waals surface area contributed by atoms with Gasteiger partial charge in [-0.05, 0) is 37.7 Å². The van der Waals surface area contributed by atoms with E-state index in [4.69, 9.17) is 16.0 Å². The van der Waals surface area contributed by atoms with Gasteiger partial charge in [0.05, 0.1) is 6.04 Å². The molecule has 0 saturated heterocycles. The second-order valence-corrected chi connectivity index (χ2v) is 4.43. The largest absolute Gasteiger partial charge is 0.459 e. The summed E-state index contributed by atoms with van der Waals surface area (Å²) in [5.41, 5.74) is 1.01. The molecule has 0 saturated carbocycles. The van der Waals surface area contributed by atoms with E-state index in [9.17, 15) is 0 Å². The molecule has 1 unspecified atom stereocenters. The van der Waals surface area contributed by atoms with Gasteiger partial charge in [-0.2, -0.15) is 0 Å². The first-order valence-corrected chi connectivity index (χ1v) is 6.17. The van der Waals surface area contributed by atoms with Crippen molar-refractivity contribution in [1.82, 2.24) is 5.32 Å². The van der Waals surface area contributed by atoms with Crippen molar-refractivity contribution in [1.29, 1.82) is 0 Å². The molecule has 1 N–H and O–H groups in total. The third kappa shape index (κ3) is 2.90. The summed E-state index contributed by atoms with van der Waals surface area (Å²) in [5, 5.41) is 4.04. The molecule has 0 bridgehead atoms.